The normalized spacial score (nSPS) is 43.1. The lowest BCUT2D eigenvalue weighted by Crippen LogP contribution is -2.16. The highest BCUT2D eigenvalue weighted by molar-refractivity contribution is 7.80. The molecule has 0 amide bonds. The van der Waals surface area contributed by atoms with Crippen LogP contribution in [-0.2, 0) is 4.74 Å². The molecule has 1 saturated carbocycles. The monoisotopic (exact) mass is 156 g/mol. The number of hydrogen-bond acceptors (Lipinski definition) is 2. The summed E-state index contributed by atoms with van der Waals surface area (Å²) in [6.45, 7) is 0. The molecule has 0 heterocycles. The Balaban J connectivity index is 1.96. The van der Waals surface area contributed by atoms with Gasteiger partial charge in [0.15, 0.2) is 0 Å². The lowest BCUT2D eigenvalue weighted by molar-refractivity contribution is 0.0716. The molecule has 0 radical (unpaired) electrons. The van der Waals surface area contributed by atoms with Gasteiger partial charge in [0.2, 0.25) is 0 Å². The van der Waals surface area contributed by atoms with Crippen molar-refractivity contribution in [2.75, 3.05) is 5.94 Å². The van der Waals surface area contributed by atoms with Crippen molar-refractivity contribution in [3.8, 4) is 0 Å². The third-order valence-electron chi connectivity index (χ3n) is 2.51. The van der Waals surface area contributed by atoms with Crippen molar-refractivity contribution < 1.29 is 4.74 Å². The zero-order valence-corrected chi connectivity index (χ0v) is 6.76. The largest absolute Gasteiger partial charge is 0.367 e. The fourth-order valence-corrected chi connectivity index (χ4v) is 2.21. The molecule has 56 valence electrons. The lowest BCUT2D eigenvalue weighted by atomic mass is 10.1. The van der Waals surface area contributed by atoms with Crippen molar-refractivity contribution in [3.63, 3.8) is 0 Å². The molecule has 2 heteroatoms. The first-order valence-electron chi connectivity index (χ1n) is 3.81. The van der Waals surface area contributed by atoms with Crippen LogP contribution in [0.4, 0.5) is 0 Å². The Morgan fingerprint density at radius 1 is 1.40 bits per heavy atom. The molecule has 0 N–H and O–H groups in total. The summed E-state index contributed by atoms with van der Waals surface area (Å²) in [7, 11) is 0. The summed E-state index contributed by atoms with van der Waals surface area (Å²) in [4.78, 5) is 0. The average molecular weight is 156 g/mol. The molecule has 2 aliphatic rings. The van der Waals surface area contributed by atoms with Gasteiger partial charge in [0.05, 0.1) is 12.0 Å². The second-order valence-electron chi connectivity index (χ2n) is 3.11. The first kappa shape index (κ1) is 6.74. The van der Waals surface area contributed by atoms with E-state index in [2.05, 4.69) is 24.8 Å². The summed E-state index contributed by atoms with van der Waals surface area (Å²) in [5, 5.41) is 0. The van der Waals surface area contributed by atoms with Gasteiger partial charge in [-0.1, -0.05) is 12.2 Å². The summed E-state index contributed by atoms with van der Waals surface area (Å²) >= 11 is 4.04. The van der Waals surface area contributed by atoms with E-state index in [0.29, 0.717) is 18.0 Å². The van der Waals surface area contributed by atoms with Gasteiger partial charge in [-0.15, -0.1) is 0 Å². The van der Waals surface area contributed by atoms with E-state index in [1.54, 1.807) is 0 Å². The third kappa shape index (κ3) is 0.995. The van der Waals surface area contributed by atoms with E-state index in [4.69, 9.17) is 4.74 Å². The molecule has 0 aromatic carbocycles. The van der Waals surface area contributed by atoms with Crippen LogP contribution >= 0.6 is 12.6 Å². The number of rotatable bonds is 2. The van der Waals surface area contributed by atoms with Crippen LogP contribution in [0.5, 0.6) is 0 Å². The van der Waals surface area contributed by atoms with Crippen LogP contribution in [0.3, 0.4) is 0 Å². The molecule has 0 saturated heterocycles. The molecule has 10 heavy (non-hydrogen) atoms. The number of hydrogen-bond donors (Lipinski definition) is 1. The molecule has 1 fully saturated rings. The minimum absolute atomic E-state index is 0.479. The minimum Gasteiger partial charge on any atom is -0.367 e. The fraction of sp³-hybridized carbons (Fsp3) is 0.750. The lowest BCUT2D eigenvalue weighted by Gasteiger charge is -2.16. The van der Waals surface area contributed by atoms with Crippen LogP contribution in [0.15, 0.2) is 12.2 Å². The highest BCUT2D eigenvalue weighted by Crippen LogP contribution is 2.40. The quantitative estimate of drug-likeness (QED) is 0.365. The second kappa shape index (κ2) is 2.59. The van der Waals surface area contributed by atoms with E-state index in [1.807, 2.05) is 0 Å². The van der Waals surface area contributed by atoms with Gasteiger partial charge in [-0.05, 0) is 18.8 Å². The number of allylic oxidation sites excluding steroid dienone is 1. The Morgan fingerprint density at radius 3 is 2.80 bits per heavy atom. The molecule has 0 spiro atoms. The molecule has 2 aliphatic carbocycles. The van der Waals surface area contributed by atoms with Crippen LogP contribution in [0.25, 0.3) is 0 Å². The van der Waals surface area contributed by atoms with E-state index in [-0.39, 0.29) is 0 Å². The molecule has 3 unspecified atom stereocenters. The predicted octanol–water partition coefficient (Wildman–Crippen LogP) is 1.85. The number of fused-ring (bicyclic) bond motifs is 2. The van der Waals surface area contributed by atoms with Crippen LogP contribution in [0.2, 0.25) is 0 Å². The van der Waals surface area contributed by atoms with Gasteiger partial charge in [-0.2, -0.15) is 12.6 Å². The van der Waals surface area contributed by atoms with E-state index < -0.39 is 0 Å². The van der Waals surface area contributed by atoms with Gasteiger partial charge >= 0.3 is 0 Å². The topological polar surface area (TPSA) is 9.23 Å². The van der Waals surface area contributed by atoms with E-state index in [1.165, 1.54) is 12.8 Å². The van der Waals surface area contributed by atoms with Crippen LogP contribution in [-0.4, -0.2) is 12.0 Å². The van der Waals surface area contributed by atoms with Gasteiger partial charge in [-0.3, -0.25) is 0 Å². The molecule has 2 rings (SSSR count). The minimum atomic E-state index is 0.479. The molecule has 1 nitrogen and oxygen atoms in total. The molecular formula is C8H12OS. The first-order chi connectivity index (χ1) is 4.90. The second-order valence-corrected chi connectivity index (χ2v) is 3.37. The van der Waals surface area contributed by atoms with Crippen molar-refractivity contribution in [2.24, 2.45) is 11.8 Å². The molecule has 3 atom stereocenters. The molecular weight excluding hydrogens is 144 g/mol. The van der Waals surface area contributed by atoms with Crippen molar-refractivity contribution in [2.45, 2.75) is 18.9 Å². The zero-order chi connectivity index (χ0) is 6.97. The van der Waals surface area contributed by atoms with E-state index in [9.17, 15) is 0 Å². The van der Waals surface area contributed by atoms with E-state index in [0.717, 1.165) is 5.92 Å². The van der Waals surface area contributed by atoms with Gasteiger partial charge in [0, 0.05) is 5.92 Å². The van der Waals surface area contributed by atoms with Crippen LogP contribution < -0.4 is 0 Å². The Kier molecular flexibility index (Phi) is 1.75. The summed E-state index contributed by atoms with van der Waals surface area (Å²) in [5.41, 5.74) is 0. The first-order valence-corrected chi connectivity index (χ1v) is 4.44. The van der Waals surface area contributed by atoms with Gasteiger partial charge < -0.3 is 4.74 Å². The van der Waals surface area contributed by atoms with E-state index >= 15 is 0 Å². The predicted molar refractivity (Wildman–Crippen MR) is 44.1 cm³/mol. The maximum Gasteiger partial charge on any atom is 0.0896 e. The summed E-state index contributed by atoms with van der Waals surface area (Å²) in [6, 6.07) is 0. The van der Waals surface area contributed by atoms with Crippen molar-refractivity contribution in [1.29, 1.82) is 0 Å². The highest BCUT2D eigenvalue weighted by Gasteiger charge is 2.35. The Hall–Kier alpha value is 0.0500. The SMILES string of the molecule is SCOC1CC2C=CC1C2. The van der Waals surface area contributed by atoms with Crippen molar-refractivity contribution in [3.05, 3.63) is 12.2 Å². The van der Waals surface area contributed by atoms with Gasteiger partial charge in [0.1, 0.15) is 0 Å². The molecule has 0 aliphatic heterocycles. The van der Waals surface area contributed by atoms with Gasteiger partial charge in [-0.25, -0.2) is 0 Å². The smallest absolute Gasteiger partial charge is 0.0896 e. The fourth-order valence-electron chi connectivity index (χ4n) is 2.02. The molecule has 0 aromatic heterocycles. The van der Waals surface area contributed by atoms with Crippen LogP contribution in [0, 0.1) is 11.8 Å². The number of thiol groups is 1. The Morgan fingerprint density at radius 2 is 2.30 bits per heavy atom. The van der Waals surface area contributed by atoms with Gasteiger partial charge in [0.25, 0.3) is 0 Å². The Labute approximate surface area is 66.9 Å². The summed E-state index contributed by atoms with van der Waals surface area (Å²) in [6.07, 6.45) is 7.64. The molecule has 2 bridgehead atoms. The zero-order valence-electron chi connectivity index (χ0n) is 5.86. The van der Waals surface area contributed by atoms with Crippen LogP contribution in [0.1, 0.15) is 12.8 Å². The standard InChI is InChI=1S/C8H12OS/c10-5-9-8-4-6-1-2-7(8)3-6/h1-2,6-8,10H,3-5H2. The highest BCUT2D eigenvalue weighted by atomic mass is 32.1. The third-order valence-corrected chi connectivity index (χ3v) is 2.66. The summed E-state index contributed by atoms with van der Waals surface area (Å²) < 4.78 is 5.45. The Bertz CT molecular complexity index is 155. The number of ether oxygens (including phenoxy) is 1. The maximum absolute atomic E-state index is 5.45. The van der Waals surface area contributed by atoms with Crippen molar-refractivity contribution >= 4 is 12.6 Å². The molecule has 0 aromatic rings. The van der Waals surface area contributed by atoms with Crippen molar-refractivity contribution in [1.82, 2.24) is 0 Å². The average Bonchev–Trinajstić information content (AvgIpc) is 2.48. The maximum atomic E-state index is 5.45. The summed E-state index contributed by atoms with van der Waals surface area (Å²) in [5.74, 6) is 2.09.